The molecule has 0 aliphatic rings. The van der Waals surface area contributed by atoms with E-state index in [1.165, 1.54) is 6.33 Å². The minimum Gasteiger partial charge on any atom is -0.368 e. The maximum Gasteiger partial charge on any atom is 0.240 e. The molecule has 2 amide bonds. The van der Waals surface area contributed by atoms with Gasteiger partial charge in [-0.2, -0.15) is 0 Å². The zero-order valence-electron chi connectivity index (χ0n) is 12.0. The third kappa shape index (κ3) is 4.42. The lowest BCUT2D eigenvalue weighted by Crippen LogP contribution is -2.51. The molecule has 0 saturated carbocycles. The molecule has 0 unspecified atom stereocenters. The summed E-state index contributed by atoms with van der Waals surface area (Å²) >= 11 is 0. The van der Waals surface area contributed by atoms with Gasteiger partial charge in [0, 0.05) is 24.7 Å². The summed E-state index contributed by atoms with van der Waals surface area (Å²) in [7, 11) is 0. The molecular formula is C15H19N5O2. The van der Waals surface area contributed by atoms with Gasteiger partial charge in [-0.1, -0.05) is 30.3 Å². The third-order valence-electron chi connectivity index (χ3n) is 3.27. The van der Waals surface area contributed by atoms with E-state index < -0.39 is 23.9 Å². The molecule has 6 N–H and O–H groups in total. The van der Waals surface area contributed by atoms with E-state index in [9.17, 15) is 9.59 Å². The molecule has 2 aromatic rings. The average Bonchev–Trinajstić information content (AvgIpc) is 3.00. The van der Waals surface area contributed by atoms with Crippen LogP contribution in [0.1, 0.15) is 11.3 Å². The van der Waals surface area contributed by atoms with Gasteiger partial charge in [0.05, 0.1) is 12.4 Å². The van der Waals surface area contributed by atoms with Crippen molar-refractivity contribution in [1.29, 1.82) is 0 Å². The highest BCUT2D eigenvalue weighted by atomic mass is 16.2. The number of primary amides is 1. The predicted molar refractivity (Wildman–Crippen MR) is 81.5 cm³/mol. The molecule has 22 heavy (non-hydrogen) atoms. The predicted octanol–water partition coefficient (Wildman–Crippen LogP) is -0.508. The number of aromatic nitrogens is 2. The van der Waals surface area contributed by atoms with Crippen LogP contribution in [-0.4, -0.2) is 33.9 Å². The highest BCUT2D eigenvalue weighted by Gasteiger charge is 2.22. The second-order valence-electron chi connectivity index (χ2n) is 5.04. The number of amides is 2. The van der Waals surface area contributed by atoms with Crippen LogP contribution in [0, 0.1) is 0 Å². The lowest BCUT2D eigenvalue weighted by atomic mass is 10.0. The van der Waals surface area contributed by atoms with Gasteiger partial charge in [0.2, 0.25) is 11.8 Å². The second kappa shape index (κ2) is 7.37. The monoisotopic (exact) mass is 301 g/mol. The van der Waals surface area contributed by atoms with E-state index in [-0.39, 0.29) is 0 Å². The van der Waals surface area contributed by atoms with Crippen LogP contribution in [0.3, 0.4) is 0 Å². The van der Waals surface area contributed by atoms with Crippen molar-refractivity contribution in [1.82, 2.24) is 15.3 Å². The molecule has 0 spiro atoms. The standard InChI is InChI=1S/C15H19N5O2/c16-12(7-11-8-18-9-19-11)15(22)20-13(14(17)21)6-10-4-2-1-3-5-10/h1-5,8-9,12-13H,6-7,16H2,(H2,17,21)(H,18,19)(H,20,22)/t12-,13-/m0/s1. The number of benzene rings is 1. The maximum absolute atomic E-state index is 12.1. The Morgan fingerprint density at radius 1 is 1.23 bits per heavy atom. The summed E-state index contributed by atoms with van der Waals surface area (Å²) in [6.45, 7) is 0. The summed E-state index contributed by atoms with van der Waals surface area (Å²) in [5.74, 6) is -1.01. The fourth-order valence-electron chi connectivity index (χ4n) is 2.08. The molecule has 1 aromatic heterocycles. The molecule has 0 radical (unpaired) electrons. The number of carbonyl (C=O) groups is 2. The summed E-state index contributed by atoms with van der Waals surface area (Å²) in [5, 5.41) is 2.60. The van der Waals surface area contributed by atoms with E-state index in [2.05, 4.69) is 15.3 Å². The molecular weight excluding hydrogens is 282 g/mol. The minimum atomic E-state index is -0.789. The lowest BCUT2D eigenvalue weighted by molar-refractivity contribution is -0.128. The van der Waals surface area contributed by atoms with E-state index in [1.807, 2.05) is 30.3 Å². The maximum atomic E-state index is 12.1. The highest BCUT2D eigenvalue weighted by molar-refractivity contribution is 5.89. The van der Waals surface area contributed by atoms with Crippen molar-refractivity contribution in [2.24, 2.45) is 11.5 Å². The van der Waals surface area contributed by atoms with Gasteiger partial charge >= 0.3 is 0 Å². The smallest absolute Gasteiger partial charge is 0.240 e. The van der Waals surface area contributed by atoms with Gasteiger partial charge in [0.15, 0.2) is 0 Å². The average molecular weight is 301 g/mol. The first-order chi connectivity index (χ1) is 10.6. The van der Waals surface area contributed by atoms with Crippen molar-refractivity contribution in [3.8, 4) is 0 Å². The molecule has 2 rings (SSSR count). The Kier molecular flexibility index (Phi) is 5.26. The minimum absolute atomic E-state index is 0.308. The van der Waals surface area contributed by atoms with Gasteiger partial charge in [-0.3, -0.25) is 9.59 Å². The molecule has 7 heteroatoms. The lowest BCUT2D eigenvalue weighted by Gasteiger charge is -2.18. The van der Waals surface area contributed by atoms with Gasteiger partial charge in [-0.15, -0.1) is 0 Å². The molecule has 0 aliphatic heterocycles. The van der Waals surface area contributed by atoms with E-state index in [0.717, 1.165) is 11.3 Å². The van der Waals surface area contributed by atoms with Crippen LogP contribution in [0.25, 0.3) is 0 Å². The first kappa shape index (κ1) is 15.7. The first-order valence-electron chi connectivity index (χ1n) is 6.92. The zero-order valence-corrected chi connectivity index (χ0v) is 12.0. The van der Waals surface area contributed by atoms with Gasteiger partial charge in [0.1, 0.15) is 6.04 Å². The van der Waals surface area contributed by atoms with Gasteiger partial charge in [-0.05, 0) is 5.56 Å². The number of H-pyrrole nitrogens is 1. The van der Waals surface area contributed by atoms with Crippen molar-refractivity contribution < 1.29 is 9.59 Å². The number of nitrogens with zero attached hydrogens (tertiary/aromatic N) is 1. The Bertz CT molecular complexity index is 612. The van der Waals surface area contributed by atoms with Crippen molar-refractivity contribution in [2.75, 3.05) is 0 Å². The number of hydrogen-bond acceptors (Lipinski definition) is 4. The quantitative estimate of drug-likeness (QED) is 0.549. The van der Waals surface area contributed by atoms with Crippen LogP contribution in [0.5, 0.6) is 0 Å². The first-order valence-corrected chi connectivity index (χ1v) is 6.92. The third-order valence-corrected chi connectivity index (χ3v) is 3.27. The molecule has 7 nitrogen and oxygen atoms in total. The number of aromatic amines is 1. The number of imidazole rings is 1. The van der Waals surface area contributed by atoms with E-state index >= 15 is 0 Å². The number of nitrogens with two attached hydrogens (primary N) is 2. The van der Waals surface area contributed by atoms with E-state index in [0.29, 0.717) is 12.8 Å². The SMILES string of the molecule is NC(=O)[C@H](Cc1ccccc1)NC(=O)[C@@H](N)Cc1cnc[nH]1. The summed E-state index contributed by atoms with van der Waals surface area (Å²) in [5.41, 5.74) is 12.9. The zero-order chi connectivity index (χ0) is 15.9. The van der Waals surface area contributed by atoms with Crippen LogP contribution in [0.2, 0.25) is 0 Å². The van der Waals surface area contributed by atoms with Crippen LogP contribution in [0.4, 0.5) is 0 Å². The summed E-state index contributed by atoms with van der Waals surface area (Å²) in [6, 6.07) is 7.76. The van der Waals surface area contributed by atoms with Crippen molar-refractivity contribution >= 4 is 11.8 Å². The normalized spacial score (nSPS) is 13.3. The molecule has 2 atom stereocenters. The number of nitrogens with one attached hydrogen (secondary N) is 2. The fourth-order valence-corrected chi connectivity index (χ4v) is 2.08. The number of rotatable bonds is 7. The molecule has 0 fully saturated rings. The van der Waals surface area contributed by atoms with E-state index in [4.69, 9.17) is 11.5 Å². The fraction of sp³-hybridized carbons (Fsp3) is 0.267. The van der Waals surface area contributed by atoms with Crippen LogP contribution in [-0.2, 0) is 22.4 Å². The Morgan fingerprint density at radius 3 is 2.55 bits per heavy atom. The Morgan fingerprint density at radius 2 is 1.95 bits per heavy atom. The van der Waals surface area contributed by atoms with Gasteiger partial charge in [-0.25, -0.2) is 4.98 Å². The largest absolute Gasteiger partial charge is 0.368 e. The molecule has 116 valence electrons. The molecule has 0 saturated heterocycles. The number of hydrogen-bond donors (Lipinski definition) is 4. The molecule has 0 bridgehead atoms. The van der Waals surface area contributed by atoms with Gasteiger partial charge < -0.3 is 21.8 Å². The van der Waals surface area contributed by atoms with Gasteiger partial charge in [0.25, 0.3) is 0 Å². The van der Waals surface area contributed by atoms with Crippen molar-refractivity contribution in [3.05, 3.63) is 54.1 Å². The Labute approximate surface area is 128 Å². The van der Waals surface area contributed by atoms with Crippen LogP contribution >= 0.6 is 0 Å². The van der Waals surface area contributed by atoms with Crippen LogP contribution < -0.4 is 16.8 Å². The number of carbonyl (C=O) groups excluding carboxylic acids is 2. The molecule has 0 aliphatic carbocycles. The Balaban J connectivity index is 1.95. The summed E-state index contributed by atoms with van der Waals surface area (Å²) < 4.78 is 0. The molecule has 1 aromatic carbocycles. The highest BCUT2D eigenvalue weighted by Crippen LogP contribution is 2.04. The molecule has 1 heterocycles. The summed E-state index contributed by atoms with van der Waals surface area (Å²) in [4.78, 5) is 30.4. The topological polar surface area (TPSA) is 127 Å². The summed E-state index contributed by atoms with van der Waals surface area (Å²) in [6.07, 6.45) is 3.76. The van der Waals surface area contributed by atoms with Crippen molar-refractivity contribution in [2.45, 2.75) is 24.9 Å². The second-order valence-corrected chi connectivity index (χ2v) is 5.04. The Hall–Kier alpha value is -2.67. The van der Waals surface area contributed by atoms with Crippen LogP contribution in [0.15, 0.2) is 42.9 Å². The van der Waals surface area contributed by atoms with E-state index in [1.54, 1.807) is 6.20 Å². The van der Waals surface area contributed by atoms with Crippen molar-refractivity contribution in [3.63, 3.8) is 0 Å².